The second kappa shape index (κ2) is 9.53. The Morgan fingerprint density at radius 2 is 2.08 bits per heavy atom. The summed E-state index contributed by atoms with van der Waals surface area (Å²) in [7, 11) is 1.58. The number of methoxy groups -OCH3 is 1. The van der Waals surface area contributed by atoms with Crippen LogP contribution in [0.4, 0.5) is 16.6 Å². The number of aromatic nitrogens is 4. The topological polar surface area (TPSA) is 123 Å². The van der Waals surface area contributed by atoms with Crippen LogP contribution in [-0.4, -0.2) is 45.2 Å². The molecule has 0 aromatic carbocycles. The van der Waals surface area contributed by atoms with E-state index < -0.39 is 0 Å². The van der Waals surface area contributed by atoms with E-state index in [0.717, 1.165) is 36.9 Å². The Hall–Kier alpha value is -3.47. The zero-order valence-corrected chi connectivity index (χ0v) is 20.9. The summed E-state index contributed by atoms with van der Waals surface area (Å²) in [5.41, 5.74) is 2.46. The minimum atomic E-state index is -0.0860. The Kier molecular flexibility index (Phi) is 6.08. The number of ether oxygens (including phenoxy) is 1. The first kappa shape index (κ1) is 23.0. The van der Waals surface area contributed by atoms with Crippen LogP contribution >= 0.6 is 11.3 Å². The summed E-state index contributed by atoms with van der Waals surface area (Å²) in [6.45, 7) is 0.692. The molecule has 0 bridgehead atoms. The van der Waals surface area contributed by atoms with Gasteiger partial charge in [0.15, 0.2) is 0 Å². The van der Waals surface area contributed by atoms with E-state index in [0.29, 0.717) is 41.3 Å². The first-order valence-electron chi connectivity index (χ1n) is 12.5. The smallest absolute Gasteiger partial charge is 0.254 e. The third-order valence-corrected chi connectivity index (χ3v) is 8.27. The van der Waals surface area contributed by atoms with Crippen LogP contribution in [0.2, 0.25) is 0 Å². The van der Waals surface area contributed by atoms with Crippen molar-refractivity contribution in [2.75, 3.05) is 24.3 Å². The summed E-state index contributed by atoms with van der Waals surface area (Å²) in [5, 5.41) is 18.6. The van der Waals surface area contributed by atoms with Gasteiger partial charge in [-0.2, -0.15) is 0 Å². The van der Waals surface area contributed by atoms with Crippen LogP contribution in [0.1, 0.15) is 58.9 Å². The maximum Gasteiger partial charge on any atom is 0.254 e. The molecular formula is C25H29N7O3S. The first-order chi connectivity index (χ1) is 17.6. The van der Waals surface area contributed by atoms with E-state index in [1.807, 2.05) is 10.6 Å². The lowest BCUT2D eigenvalue weighted by Crippen LogP contribution is -2.28. The van der Waals surface area contributed by atoms with Crippen LogP contribution in [0.3, 0.4) is 0 Å². The van der Waals surface area contributed by atoms with E-state index in [9.17, 15) is 9.59 Å². The van der Waals surface area contributed by atoms with Gasteiger partial charge >= 0.3 is 0 Å². The van der Waals surface area contributed by atoms with Crippen molar-refractivity contribution in [3.63, 3.8) is 0 Å². The maximum atomic E-state index is 13.3. The molecule has 3 aromatic heterocycles. The molecule has 3 aromatic rings. The largest absolute Gasteiger partial charge is 0.481 e. The number of thiophene rings is 1. The lowest BCUT2D eigenvalue weighted by atomic mass is 9.91. The average Bonchev–Trinajstić information content (AvgIpc) is 3.82. The number of pyridine rings is 1. The molecule has 3 N–H and O–H groups in total. The third-order valence-electron chi connectivity index (χ3n) is 7.06. The van der Waals surface area contributed by atoms with Gasteiger partial charge in [-0.05, 0) is 62.5 Å². The van der Waals surface area contributed by atoms with E-state index in [-0.39, 0.29) is 23.8 Å². The lowest BCUT2D eigenvalue weighted by Gasteiger charge is -2.25. The number of hydrogen-bond acceptors (Lipinski definition) is 8. The highest BCUT2D eigenvalue weighted by molar-refractivity contribution is 7.17. The van der Waals surface area contributed by atoms with Crippen molar-refractivity contribution in [2.45, 2.75) is 51.0 Å². The lowest BCUT2D eigenvalue weighted by molar-refractivity contribution is -0.117. The average molecular weight is 508 g/mol. The van der Waals surface area contributed by atoms with Gasteiger partial charge in [-0.3, -0.25) is 14.2 Å². The molecule has 36 heavy (non-hydrogen) atoms. The fourth-order valence-corrected chi connectivity index (χ4v) is 5.91. The fraction of sp³-hybridized carbons (Fsp3) is 0.480. The standard InChI is InChI=1S/C25H29N7O3S/c1-35-20-10-16(8-9-26-20)29-25-31-28-13-32(25)17-6-7-19-18(11-17)21(23(34)27-12-14-2-3-14)24(36-19)30-22(33)15-4-5-15/h8-10,13-15,17H,2-7,11-12H2,1H3,(H,27,34)(H,30,33)(H,26,29,31)/t17-/m0/s1. The first-order valence-corrected chi connectivity index (χ1v) is 13.3. The molecule has 3 aliphatic carbocycles. The van der Waals surface area contributed by atoms with Crippen molar-refractivity contribution in [3.8, 4) is 5.88 Å². The summed E-state index contributed by atoms with van der Waals surface area (Å²) in [6, 6.07) is 3.72. The molecule has 0 radical (unpaired) electrons. The van der Waals surface area contributed by atoms with Crippen molar-refractivity contribution >= 4 is 39.8 Å². The minimum Gasteiger partial charge on any atom is -0.481 e. The Morgan fingerprint density at radius 3 is 2.86 bits per heavy atom. The number of nitrogens with zero attached hydrogens (tertiary/aromatic N) is 4. The van der Waals surface area contributed by atoms with E-state index in [2.05, 4.69) is 31.1 Å². The molecule has 2 amide bonds. The summed E-state index contributed by atoms with van der Waals surface area (Å²) < 4.78 is 7.25. The monoisotopic (exact) mass is 507 g/mol. The minimum absolute atomic E-state index is 0.0273. The fourth-order valence-electron chi connectivity index (χ4n) is 4.67. The molecule has 0 saturated heterocycles. The molecule has 188 valence electrons. The van der Waals surface area contributed by atoms with Crippen molar-refractivity contribution < 1.29 is 14.3 Å². The molecule has 10 nitrogen and oxygen atoms in total. The predicted molar refractivity (Wildman–Crippen MR) is 136 cm³/mol. The van der Waals surface area contributed by atoms with Crippen LogP contribution in [0.15, 0.2) is 24.7 Å². The van der Waals surface area contributed by atoms with Gasteiger partial charge in [0, 0.05) is 41.3 Å². The van der Waals surface area contributed by atoms with E-state index in [1.54, 1.807) is 37.0 Å². The van der Waals surface area contributed by atoms with Crippen molar-refractivity contribution in [1.82, 2.24) is 25.1 Å². The highest BCUT2D eigenvalue weighted by atomic mass is 32.1. The number of carbonyl (C=O) groups excluding carboxylic acids is 2. The number of hydrogen-bond donors (Lipinski definition) is 3. The normalized spacial score (nSPS) is 18.9. The summed E-state index contributed by atoms with van der Waals surface area (Å²) in [5.74, 6) is 1.73. The van der Waals surface area contributed by atoms with Crippen LogP contribution in [0.5, 0.6) is 5.88 Å². The number of amides is 2. The number of carbonyl (C=O) groups is 2. The third kappa shape index (κ3) is 4.79. The maximum absolute atomic E-state index is 13.3. The van der Waals surface area contributed by atoms with E-state index in [4.69, 9.17) is 4.74 Å². The van der Waals surface area contributed by atoms with Gasteiger partial charge in [0.25, 0.3) is 5.91 Å². The van der Waals surface area contributed by atoms with Crippen molar-refractivity contribution in [3.05, 3.63) is 40.7 Å². The molecule has 0 spiro atoms. The number of aryl methyl sites for hydroxylation is 1. The SMILES string of the molecule is COc1cc(Nc2nncn2[C@H]2CCc3sc(NC(=O)C4CC4)c(C(=O)NCC4CC4)c3C2)ccn1. The Labute approximate surface area is 212 Å². The molecule has 2 fully saturated rings. The quantitative estimate of drug-likeness (QED) is 0.403. The van der Waals surface area contributed by atoms with E-state index >= 15 is 0 Å². The zero-order chi connectivity index (χ0) is 24.6. The Balaban J connectivity index is 1.26. The highest BCUT2D eigenvalue weighted by Gasteiger charge is 2.35. The second-order valence-electron chi connectivity index (χ2n) is 9.80. The molecule has 6 rings (SSSR count). The summed E-state index contributed by atoms with van der Waals surface area (Å²) >= 11 is 1.55. The molecule has 0 unspecified atom stereocenters. The molecule has 3 aliphatic rings. The number of nitrogens with one attached hydrogen (secondary N) is 3. The molecule has 3 heterocycles. The molecular weight excluding hydrogens is 478 g/mol. The highest BCUT2D eigenvalue weighted by Crippen LogP contribution is 2.43. The van der Waals surface area contributed by atoms with Crippen LogP contribution < -0.4 is 20.7 Å². The molecule has 2 saturated carbocycles. The summed E-state index contributed by atoms with van der Waals surface area (Å²) in [4.78, 5) is 31.2. The van der Waals surface area contributed by atoms with Gasteiger partial charge in [0.05, 0.1) is 12.7 Å². The predicted octanol–water partition coefficient (Wildman–Crippen LogP) is 3.71. The van der Waals surface area contributed by atoms with Crippen molar-refractivity contribution in [1.29, 1.82) is 0 Å². The van der Waals surface area contributed by atoms with Crippen LogP contribution in [0, 0.1) is 11.8 Å². The molecule has 11 heteroatoms. The second-order valence-corrected chi connectivity index (χ2v) is 10.9. The Morgan fingerprint density at radius 1 is 1.22 bits per heavy atom. The van der Waals surface area contributed by atoms with Gasteiger partial charge < -0.3 is 20.7 Å². The van der Waals surface area contributed by atoms with Crippen LogP contribution in [-0.2, 0) is 17.6 Å². The Bertz CT molecular complexity index is 1290. The molecule has 1 atom stereocenters. The molecule has 0 aliphatic heterocycles. The van der Waals surface area contributed by atoms with Gasteiger partial charge in [0.1, 0.15) is 11.3 Å². The van der Waals surface area contributed by atoms with Gasteiger partial charge in [-0.25, -0.2) is 4.98 Å². The van der Waals surface area contributed by atoms with Gasteiger partial charge in [-0.1, -0.05) is 0 Å². The zero-order valence-electron chi connectivity index (χ0n) is 20.1. The van der Waals surface area contributed by atoms with Crippen molar-refractivity contribution in [2.24, 2.45) is 11.8 Å². The van der Waals surface area contributed by atoms with Gasteiger partial charge in [0.2, 0.25) is 17.7 Å². The van der Waals surface area contributed by atoms with Gasteiger partial charge in [-0.15, -0.1) is 21.5 Å². The number of fused-ring (bicyclic) bond motifs is 1. The van der Waals surface area contributed by atoms with E-state index in [1.165, 1.54) is 17.7 Å². The summed E-state index contributed by atoms with van der Waals surface area (Å²) in [6.07, 6.45) is 9.97. The number of rotatable bonds is 9. The van der Waals surface area contributed by atoms with Crippen LogP contribution in [0.25, 0.3) is 0 Å². The number of anilines is 3.